The van der Waals surface area contributed by atoms with Crippen LogP contribution in [0.1, 0.15) is 57.3 Å². The Balaban J connectivity index is 2.05. The maximum absolute atomic E-state index is 5.71. The zero-order valence-electron chi connectivity index (χ0n) is 12.0. The van der Waals surface area contributed by atoms with E-state index in [2.05, 4.69) is 44.9 Å². The molecular formula is C14H24BrN3O. The summed E-state index contributed by atoms with van der Waals surface area (Å²) in [6, 6.07) is 0.698. The summed E-state index contributed by atoms with van der Waals surface area (Å²) in [4.78, 5) is 0. The van der Waals surface area contributed by atoms with Gasteiger partial charge in [-0.15, -0.1) is 0 Å². The van der Waals surface area contributed by atoms with E-state index in [9.17, 15) is 0 Å². The molecule has 1 N–H and O–H groups in total. The summed E-state index contributed by atoms with van der Waals surface area (Å²) < 4.78 is 8.90. The first kappa shape index (κ1) is 15.0. The molecule has 1 fully saturated rings. The van der Waals surface area contributed by atoms with E-state index in [-0.39, 0.29) is 0 Å². The van der Waals surface area contributed by atoms with Crippen LogP contribution in [-0.4, -0.2) is 29.5 Å². The first-order valence-corrected chi connectivity index (χ1v) is 7.94. The predicted molar refractivity (Wildman–Crippen MR) is 80.3 cm³/mol. The van der Waals surface area contributed by atoms with Gasteiger partial charge in [0.1, 0.15) is 0 Å². The van der Waals surface area contributed by atoms with Crippen LogP contribution in [0.5, 0.6) is 0 Å². The summed E-state index contributed by atoms with van der Waals surface area (Å²) in [6.45, 7) is 5.26. The Labute approximate surface area is 124 Å². The van der Waals surface area contributed by atoms with Gasteiger partial charge in [0.05, 0.1) is 28.5 Å². The molecule has 1 aromatic rings. The Kier molecular flexibility index (Phi) is 5.42. The van der Waals surface area contributed by atoms with E-state index in [0.29, 0.717) is 18.2 Å². The molecule has 4 nitrogen and oxygen atoms in total. The highest BCUT2D eigenvalue weighted by molar-refractivity contribution is 9.10. The highest BCUT2D eigenvalue weighted by Crippen LogP contribution is 2.30. The average Bonchev–Trinajstić information content (AvgIpc) is 3.00. The van der Waals surface area contributed by atoms with Crippen molar-refractivity contribution < 1.29 is 4.74 Å². The van der Waals surface area contributed by atoms with E-state index in [1.165, 1.54) is 18.5 Å². The van der Waals surface area contributed by atoms with E-state index in [0.717, 1.165) is 23.9 Å². The van der Waals surface area contributed by atoms with Crippen molar-refractivity contribution >= 4 is 15.9 Å². The van der Waals surface area contributed by atoms with Crippen molar-refractivity contribution in [3.8, 4) is 0 Å². The zero-order valence-corrected chi connectivity index (χ0v) is 13.6. The van der Waals surface area contributed by atoms with Gasteiger partial charge in [0.25, 0.3) is 0 Å². The van der Waals surface area contributed by atoms with Gasteiger partial charge in [-0.05, 0) is 62.5 Å². The summed E-state index contributed by atoms with van der Waals surface area (Å²) in [5.74, 6) is 0. The second-order valence-corrected chi connectivity index (χ2v) is 6.32. The van der Waals surface area contributed by atoms with Crippen molar-refractivity contribution in [2.75, 3.05) is 13.7 Å². The molecule has 0 bridgehead atoms. The monoisotopic (exact) mass is 329 g/mol. The summed E-state index contributed by atoms with van der Waals surface area (Å²) in [7, 11) is 2.02. The first-order valence-electron chi connectivity index (χ1n) is 7.15. The summed E-state index contributed by atoms with van der Waals surface area (Å²) >= 11 is 3.63. The quantitative estimate of drug-likeness (QED) is 0.868. The standard InChI is InChI=1S/C14H24BrN3O/c1-10(2)18-14(12(15)9-17-18)13(16-3)7-6-11-5-4-8-19-11/h9-11,13,16H,4-8H2,1-3H3. The predicted octanol–water partition coefficient (Wildman–Crippen LogP) is 3.45. The number of nitrogens with one attached hydrogen (secondary N) is 1. The lowest BCUT2D eigenvalue weighted by Gasteiger charge is -2.22. The fourth-order valence-corrected chi connectivity index (χ4v) is 3.28. The molecule has 2 heterocycles. The van der Waals surface area contributed by atoms with Crippen molar-refractivity contribution in [2.45, 2.75) is 57.7 Å². The van der Waals surface area contributed by atoms with Crippen molar-refractivity contribution in [2.24, 2.45) is 0 Å². The fraction of sp³-hybridized carbons (Fsp3) is 0.786. The molecule has 1 saturated heterocycles. The van der Waals surface area contributed by atoms with Crippen LogP contribution in [0.15, 0.2) is 10.7 Å². The van der Waals surface area contributed by atoms with Crippen LogP contribution < -0.4 is 5.32 Å². The third-order valence-corrected chi connectivity index (χ3v) is 4.37. The Morgan fingerprint density at radius 3 is 2.95 bits per heavy atom. The summed E-state index contributed by atoms with van der Waals surface area (Å²) in [5, 5.41) is 7.88. The number of hydrogen-bond donors (Lipinski definition) is 1. The molecule has 1 aliphatic rings. The van der Waals surface area contributed by atoms with E-state index in [1.807, 2.05) is 13.2 Å². The molecule has 0 aromatic carbocycles. The van der Waals surface area contributed by atoms with Crippen LogP contribution in [0.2, 0.25) is 0 Å². The van der Waals surface area contributed by atoms with Gasteiger partial charge in [0.15, 0.2) is 0 Å². The zero-order chi connectivity index (χ0) is 13.8. The van der Waals surface area contributed by atoms with Crippen molar-refractivity contribution in [3.63, 3.8) is 0 Å². The highest BCUT2D eigenvalue weighted by atomic mass is 79.9. The molecule has 5 heteroatoms. The average molecular weight is 330 g/mol. The fourth-order valence-electron chi connectivity index (χ4n) is 2.73. The van der Waals surface area contributed by atoms with Crippen molar-refractivity contribution in [1.29, 1.82) is 0 Å². The van der Waals surface area contributed by atoms with Crippen molar-refractivity contribution in [3.05, 3.63) is 16.4 Å². The third kappa shape index (κ3) is 3.58. The van der Waals surface area contributed by atoms with Gasteiger partial charge in [-0.1, -0.05) is 0 Å². The van der Waals surface area contributed by atoms with Crippen LogP contribution in [0.25, 0.3) is 0 Å². The van der Waals surface area contributed by atoms with Gasteiger partial charge in [0.2, 0.25) is 0 Å². The van der Waals surface area contributed by atoms with E-state index in [1.54, 1.807) is 0 Å². The second-order valence-electron chi connectivity index (χ2n) is 5.47. The summed E-state index contributed by atoms with van der Waals surface area (Å²) in [6.07, 6.45) is 6.96. The normalized spacial score (nSPS) is 21.2. The molecule has 2 atom stereocenters. The Bertz CT molecular complexity index is 399. The van der Waals surface area contributed by atoms with Gasteiger partial charge in [0, 0.05) is 12.6 Å². The lowest BCUT2D eigenvalue weighted by atomic mass is 10.0. The number of halogens is 1. The molecule has 0 radical (unpaired) electrons. The summed E-state index contributed by atoms with van der Waals surface area (Å²) in [5.41, 5.74) is 1.25. The molecule has 1 aromatic heterocycles. The van der Waals surface area contributed by atoms with Crippen LogP contribution in [0, 0.1) is 0 Å². The number of nitrogens with zero attached hydrogens (tertiary/aromatic N) is 2. The topological polar surface area (TPSA) is 39.1 Å². The largest absolute Gasteiger partial charge is 0.378 e. The van der Waals surface area contributed by atoms with Gasteiger partial charge in [-0.2, -0.15) is 5.10 Å². The van der Waals surface area contributed by atoms with Crippen molar-refractivity contribution in [1.82, 2.24) is 15.1 Å². The SMILES string of the molecule is CNC(CCC1CCCO1)c1c(Br)cnn1C(C)C. The highest BCUT2D eigenvalue weighted by Gasteiger charge is 2.23. The lowest BCUT2D eigenvalue weighted by molar-refractivity contribution is 0.0995. The first-order chi connectivity index (χ1) is 9.13. The Morgan fingerprint density at radius 2 is 2.37 bits per heavy atom. The molecule has 0 amide bonds. The number of hydrogen-bond acceptors (Lipinski definition) is 3. The number of aromatic nitrogens is 2. The molecule has 2 unspecified atom stereocenters. The number of rotatable bonds is 6. The third-order valence-electron chi connectivity index (χ3n) is 3.76. The van der Waals surface area contributed by atoms with Gasteiger partial charge in [-0.25, -0.2) is 0 Å². The van der Waals surface area contributed by atoms with Gasteiger partial charge >= 0.3 is 0 Å². The minimum atomic E-state index is 0.323. The second kappa shape index (κ2) is 6.86. The Hall–Kier alpha value is -0.390. The van der Waals surface area contributed by atoms with Crippen LogP contribution in [0.3, 0.4) is 0 Å². The molecule has 0 spiro atoms. The molecule has 0 aliphatic carbocycles. The molecule has 0 saturated carbocycles. The smallest absolute Gasteiger partial charge is 0.0698 e. The molecule has 1 aliphatic heterocycles. The van der Waals surface area contributed by atoms with Crippen LogP contribution in [-0.2, 0) is 4.74 Å². The lowest BCUT2D eigenvalue weighted by Crippen LogP contribution is -2.23. The molecule has 19 heavy (non-hydrogen) atoms. The van der Waals surface area contributed by atoms with E-state index in [4.69, 9.17) is 4.74 Å². The maximum atomic E-state index is 5.71. The van der Waals surface area contributed by atoms with E-state index >= 15 is 0 Å². The van der Waals surface area contributed by atoms with Gasteiger partial charge < -0.3 is 10.1 Å². The van der Waals surface area contributed by atoms with Crippen LogP contribution in [0.4, 0.5) is 0 Å². The maximum Gasteiger partial charge on any atom is 0.0698 e. The molecular weight excluding hydrogens is 306 g/mol. The van der Waals surface area contributed by atoms with E-state index < -0.39 is 0 Å². The molecule has 2 rings (SSSR count). The van der Waals surface area contributed by atoms with Gasteiger partial charge in [-0.3, -0.25) is 4.68 Å². The van der Waals surface area contributed by atoms with Crippen LogP contribution >= 0.6 is 15.9 Å². The Morgan fingerprint density at radius 1 is 1.58 bits per heavy atom. The number of ether oxygens (including phenoxy) is 1. The minimum Gasteiger partial charge on any atom is -0.378 e. The molecule has 108 valence electrons. The minimum absolute atomic E-state index is 0.323.